The first-order chi connectivity index (χ1) is 9.02. The van der Waals surface area contributed by atoms with Crippen LogP contribution in [0.25, 0.3) is 0 Å². The third kappa shape index (κ3) is 3.47. The number of aliphatic hydroxyl groups is 1. The molecule has 0 radical (unpaired) electrons. The van der Waals surface area contributed by atoms with Crippen LogP contribution in [0, 0.1) is 11.8 Å². The van der Waals surface area contributed by atoms with E-state index < -0.39 is 23.4 Å². The highest BCUT2D eigenvalue weighted by Crippen LogP contribution is 2.31. The van der Waals surface area contributed by atoms with Crippen molar-refractivity contribution in [3.05, 3.63) is 0 Å². The summed E-state index contributed by atoms with van der Waals surface area (Å²) in [5, 5.41) is 22.1. The van der Waals surface area contributed by atoms with E-state index in [0.29, 0.717) is 12.8 Å². The summed E-state index contributed by atoms with van der Waals surface area (Å²) < 4.78 is 0. The number of aliphatic carboxylic acids is 1. The second-order valence-corrected chi connectivity index (χ2v) is 5.98. The van der Waals surface area contributed by atoms with E-state index in [2.05, 4.69) is 5.32 Å². The zero-order valence-electron chi connectivity index (χ0n) is 11.2. The van der Waals surface area contributed by atoms with E-state index in [-0.39, 0.29) is 12.5 Å². The van der Waals surface area contributed by atoms with E-state index in [1.807, 2.05) is 0 Å². The van der Waals surface area contributed by atoms with Gasteiger partial charge in [-0.2, -0.15) is 0 Å². The average molecular weight is 269 g/mol. The van der Waals surface area contributed by atoms with Gasteiger partial charge in [0.25, 0.3) is 0 Å². The van der Waals surface area contributed by atoms with Crippen molar-refractivity contribution in [1.29, 1.82) is 0 Å². The van der Waals surface area contributed by atoms with Crippen molar-refractivity contribution in [2.24, 2.45) is 11.8 Å². The van der Waals surface area contributed by atoms with Gasteiger partial charge in [-0.25, -0.2) is 0 Å². The number of nitrogens with one attached hydrogen (secondary N) is 1. The normalized spacial score (nSPS) is 29.9. The molecule has 0 aromatic rings. The molecule has 2 atom stereocenters. The second kappa shape index (κ2) is 5.90. The first-order valence-electron chi connectivity index (χ1n) is 7.25. The maximum absolute atomic E-state index is 12.1. The van der Waals surface area contributed by atoms with Crippen LogP contribution in [0.1, 0.15) is 51.4 Å². The Morgan fingerprint density at radius 3 is 2.21 bits per heavy atom. The van der Waals surface area contributed by atoms with Crippen LogP contribution in [-0.2, 0) is 9.59 Å². The molecule has 2 aliphatic carbocycles. The molecule has 19 heavy (non-hydrogen) atoms. The molecule has 0 heterocycles. The Kier molecular flexibility index (Phi) is 4.45. The lowest BCUT2D eigenvalue weighted by molar-refractivity contribution is -0.149. The highest BCUT2D eigenvalue weighted by molar-refractivity contribution is 5.84. The van der Waals surface area contributed by atoms with Gasteiger partial charge in [0.1, 0.15) is 0 Å². The minimum atomic E-state index is -0.876. The number of amides is 1. The van der Waals surface area contributed by atoms with Crippen LogP contribution in [-0.4, -0.2) is 34.2 Å². The van der Waals surface area contributed by atoms with Gasteiger partial charge in [-0.3, -0.25) is 9.59 Å². The number of hydrogen-bond donors (Lipinski definition) is 3. The van der Waals surface area contributed by atoms with Gasteiger partial charge < -0.3 is 15.5 Å². The van der Waals surface area contributed by atoms with Crippen molar-refractivity contribution in [3.8, 4) is 0 Å². The van der Waals surface area contributed by atoms with Crippen LogP contribution in [0.4, 0.5) is 0 Å². The standard InChI is InChI=1S/C14H23NO4/c16-12(15-9-14(19)7-3-4-8-14)10-5-1-2-6-11(10)13(17)18/h10-11,19H,1-9H2,(H,15,16)(H,17,18)/t10-,11+/m1/s1. The first kappa shape index (κ1) is 14.3. The molecule has 2 rings (SSSR count). The summed E-state index contributed by atoms with van der Waals surface area (Å²) in [5.41, 5.74) is -0.775. The van der Waals surface area contributed by atoms with Crippen LogP contribution in [0.5, 0.6) is 0 Å². The van der Waals surface area contributed by atoms with Gasteiger partial charge in [0, 0.05) is 6.54 Å². The molecular formula is C14H23NO4. The number of carbonyl (C=O) groups is 2. The predicted octanol–water partition coefficient (Wildman–Crippen LogP) is 1.30. The quantitative estimate of drug-likeness (QED) is 0.718. The van der Waals surface area contributed by atoms with Gasteiger partial charge in [-0.15, -0.1) is 0 Å². The van der Waals surface area contributed by atoms with Crippen LogP contribution >= 0.6 is 0 Å². The molecule has 0 saturated heterocycles. The third-order valence-corrected chi connectivity index (χ3v) is 4.55. The molecule has 1 amide bonds. The fourth-order valence-corrected chi connectivity index (χ4v) is 3.33. The zero-order chi connectivity index (χ0) is 13.9. The van der Waals surface area contributed by atoms with Crippen LogP contribution < -0.4 is 5.32 Å². The van der Waals surface area contributed by atoms with Gasteiger partial charge >= 0.3 is 5.97 Å². The van der Waals surface area contributed by atoms with Gasteiger partial charge in [0.2, 0.25) is 5.91 Å². The van der Waals surface area contributed by atoms with Crippen molar-refractivity contribution in [1.82, 2.24) is 5.32 Å². The summed E-state index contributed by atoms with van der Waals surface area (Å²) in [5.74, 6) is -2.07. The van der Waals surface area contributed by atoms with Gasteiger partial charge in [0.05, 0.1) is 17.4 Å². The zero-order valence-corrected chi connectivity index (χ0v) is 11.2. The van der Waals surface area contributed by atoms with Crippen LogP contribution in [0.2, 0.25) is 0 Å². The predicted molar refractivity (Wildman–Crippen MR) is 69.5 cm³/mol. The van der Waals surface area contributed by atoms with Crippen molar-refractivity contribution >= 4 is 11.9 Å². The molecule has 0 bridgehead atoms. The Bertz CT molecular complexity index is 349. The largest absolute Gasteiger partial charge is 0.481 e. The van der Waals surface area contributed by atoms with Crippen molar-refractivity contribution in [2.45, 2.75) is 57.0 Å². The number of carboxylic acids is 1. The molecule has 2 fully saturated rings. The van der Waals surface area contributed by atoms with Crippen molar-refractivity contribution < 1.29 is 19.8 Å². The molecule has 0 aromatic heterocycles. The minimum Gasteiger partial charge on any atom is -0.481 e. The third-order valence-electron chi connectivity index (χ3n) is 4.55. The summed E-state index contributed by atoms with van der Waals surface area (Å²) in [7, 11) is 0. The molecule has 2 saturated carbocycles. The molecule has 5 heteroatoms. The molecule has 2 aliphatic rings. The molecule has 0 aliphatic heterocycles. The van der Waals surface area contributed by atoms with E-state index in [9.17, 15) is 14.7 Å². The minimum absolute atomic E-state index is 0.201. The van der Waals surface area contributed by atoms with Gasteiger partial charge in [0.15, 0.2) is 0 Å². The lowest BCUT2D eigenvalue weighted by Crippen LogP contribution is -2.46. The van der Waals surface area contributed by atoms with Crippen LogP contribution in [0.15, 0.2) is 0 Å². The average Bonchev–Trinajstić information content (AvgIpc) is 2.83. The maximum Gasteiger partial charge on any atom is 0.307 e. The lowest BCUT2D eigenvalue weighted by atomic mass is 9.78. The number of carboxylic acid groups (broad SMARTS) is 1. The second-order valence-electron chi connectivity index (χ2n) is 5.98. The molecular weight excluding hydrogens is 246 g/mol. The Labute approximate surface area is 113 Å². The summed E-state index contributed by atoms with van der Waals surface area (Å²) in [4.78, 5) is 23.3. The number of rotatable bonds is 4. The Balaban J connectivity index is 1.89. The van der Waals surface area contributed by atoms with E-state index >= 15 is 0 Å². The Morgan fingerprint density at radius 2 is 1.63 bits per heavy atom. The van der Waals surface area contributed by atoms with E-state index in [1.54, 1.807) is 0 Å². The molecule has 108 valence electrons. The molecule has 5 nitrogen and oxygen atoms in total. The maximum atomic E-state index is 12.1. The monoisotopic (exact) mass is 269 g/mol. The summed E-state index contributed by atoms with van der Waals surface area (Å²) in [6, 6.07) is 0. The smallest absolute Gasteiger partial charge is 0.307 e. The SMILES string of the molecule is O=C(O)[C@H]1CCCC[C@H]1C(=O)NCC1(O)CCCC1. The van der Waals surface area contributed by atoms with Crippen LogP contribution in [0.3, 0.4) is 0 Å². The van der Waals surface area contributed by atoms with Gasteiger partial charge in [-0.05, 0) is 25.7 Å². The number of hydrogen-bond acceptors (Lipinski definition) is 3. The first-order valence-corrected chi connectivity index (χ1v) is 7.25. The summed E-state index contributed by atoms with van der Waals surface area (Å²) >= 11 is 0. The highest BCUT2D eigenvalue weighted by atomic mass is 16.4. The summed E-state index contributed by atoms with van der Waals surface area (Å²) in [6.45, 7) is 0.259. The van der Waals surface area contributed by atoms with Gasteiger partial charge in [-0.1, -0.05) is 25.7 Å². The van der Waals surface area contributed by atoms with E-state index in [0.717, 1.165) is 38.5 Å². The topological polar surface area (TPSA) is 86.6 Å². The lowest BCUT2D eigenvalue weighted by Gasteiger charge is -2.29. The van der Waals surface area contributed by atoms with Crippen molar-refractivity contribution in [3.63, 3.8) is 0 Å². The highest BCUT2D eigenvalue weighted by Gasteiger charge is 2.37. The molecule has 0 spiro atoms. The Hall–Kier alpha value is -1.10. The fraction of sp³-hybridized carbons (Fsp3) is 0.857. The number of carbonyl (C=O) groups excluding carboxylic acids is 1. The molecule has 0 unspecified atom stereocenters. The fourth-order valence-electron chi connectivity index (χ4n) is 3.33. The molecule has 0 aromatic carbocycles. The van der Waals surface area contributed by atoms with E-state index in [1.165, 1.54) is 0 Å². The van der Waals surface area contributed by atoms with Crippen molar-refractivity contribution in [2.75, 3.05) is 6.54 Å². The molecule has 3 N–H and O–H groups in total. The Morgan fingerprint density at radius 1 is 1.05 bits per heavy atom. The van der Waals surface area contributed by atoms with E-state index in [4.69, 9.17) is 5.11 Å². The summed E-state index contributed by atoms with van der Waals surface area (Å²) in [6.07, 6.45) is 6.44.